The van der Waals surface area contributed by atoms with Crippen molar-refractivity contribution in [3.05, 3.63) is 34.9 Å². The Kier molecular flexibility index (Phi) is 4.63. The number of carbonyl (C=O) groups excluding carboxylic acids is 1. The Morgan fingerprint density at radius 2 is 2.13 bits per heavy atom. The highest BCUT2D eigenvalue weighted by molar-refractivity contribution is 6.31. The van der Waals surface area contributed by atoms with E-state index in [0.717, 1.165) is 12.0 Å². The van der Waals surface area contributed by atoms with Crippen molar-refractivity contribution in [2.75, 3.05) is 0 Å². The Morgan fingerprint density at radius 1 is 1.47 bits per heavy atom. The predicted molar refractivity (Wildman–Crippen MR) is 62.9 cm³/mol. The van der Waals surface area contributed by atoms with Gasteiger partial charge in [-0.25, -0.2) is 0 Å². The molecule has 0 bridgehead atoms. The summed E-state index contributed by atoms with van der Waals surface area (Å²) >= 11 is 6.03. The summed E-state index contributed by atoms with van der Waals surface area (Å²) in [5.74, 6) is 0.0740. The molecule has 0 saturated heterocycles. The van der Waals surface area contributed by atoms with Crippen molar-refractivity contribution in [3.63, 3.8) is 0 Å². The van der Waals surface area contributed by atoms with Crippen LogP contribution in [0.25, 0.3) is 0 Å². The second-order valence-corrected chi connectivity index (χ2v) is 3.97. The highest BCUT2D eigenvalue weighted by atomic mass is 35.5. The third kappa shape index (κ3) is 3.56. The van der Waals surface area contributed by atoms with Crippen molar-refractivity contribution < 1.29 is 4.79 Å². The quantitative estimate of drug-likeness (QED) is 0.837. The van der Waals surface area contributed by atoms with Gasteiger partial charge in [0.1, 0.15) is 0 Å². The van der Waals surface area contributed by atoms with Gasteiger partial charge in [-0.1, -0.05) is 36.7 Å². The second-order valence-electron chi connectivity index (χ2n) is 3.56. The summed E-state index contributed by atoms with van der Waals surface area (Å²) in [7, 11) is 0. The summed E-state index contributed by atoms with van der Waals surface area (Å²) in [4.78, 5) is 11.4. The molecule has 15 heavy (non-hydrogen) atoms. The zero-order valence-corrected chi connectivity index (χ0v) is 9.84. The monoisotopic (exact) mass is 225 g/mol. The van der Waals surface area contributed by atoms with E-state index in [0.29, 0.717) is 11.4 Å². The Bertz CT molecular complexity index is 338. The van der Waals surface area contributed by atoms with E-state index in [1.54, 1.807) is 0 Å². The van der Waals surface area contributed by atoms with Gasteiger partial charge in [-0.15, -0.1) is 0 Å². The molecule has 0 fully saturated rings. The molecular formula is C12H16ClNO. The molecular weight excluding hydrogens is 210 g/mol. The van der Waals surface area contributed by atoms with Crippen molar-refractivity contribution >= 4 is 17.5 Å². The molecule has 1 aromatic rings. The number of hydrogen-bond donors (Lipinski definition) is 1. The van der Waals surface area contributed by atoms with E-state index in [1.807, 2.05) is 38.1 Å². The molecule has 0 aromatic heterocycles. The first kappa shape index (κ1) is 12.1. The maximum absolute atomic E-state index is 11.4. The number of amides is 1. The molecule has 0 saturated carbocycles. The van der Waals surface area contributed by atoms with E-state index in [1.165, 1.54) is 0 Å². The summed E-state index contributed by atoms with van der Waals surface area (Å²) in [5.41, 5.74) is 0.962. The fraction of sp³-hybridized carbons (Fsp3) is 0.417. The standard InChI is InChI=1S/C12H16ClNO/c1-3-6-12(15)14-9(2)10-7-4-5-8-11(10)13/h4-5,7-9H,3,6H2,1-2H3,(H,14,15). The number of benzene rings is 1. The smallest absolute Gasteiger partial charge is 0.220 e. The number of nitrogens with one attached hydrogen (secondary N) is 1. The summed E-state index contributed by atoms with van der Waals surface area (Å²) in [6.07, 6.45) is 1.43. The lowest BCUT2D eigenvalue weighted by Crippen LogP contribution is -2.26. The predicted octanol–water partition coefficient (Wildman–Crippen LogP) is 3.32. The van der Waals surface area contributed by atoms with E-state index in [-0.39, 0.29) is 11.9 Å². The van der Waals surface area contributed by atoms with E-state index in [4.69, 9.17) is 11.6 Å². The largest absolute Gasteiger partial charge is 0.350 e. The molecule has 82 valence electrons. The van der Waals surface area contributed by atoms with Gasteiger partial charge in [-0.3, -0.25) is 4.79 Å². The van der Waals surface area contributed by atoms with Crippen LogP contribution in [0, 0.1) is 0 Å². The Balaban J connectivity index is 2.65. The average Bonchev–Trinajstić information content (AvgIpc) is 2.18. The van der Waals surface area contributed by atoms with Crippen LogP contribution in [0.3, 0.4) is 0 Å². The molecule has 1 atom stereocenters. The van der Waals surface area contributed by atoms with Crippen LogP contribution < -0.4 is 5.32 Å². The van der Waals surface area contributed by atoms with Crippen LogP contribution in [0.15, 0.2) is 24.3 Å². The molecule has 1 aromatic carbocycles. The van der Waals surface area contributed by atoms with Crippen LogP contribution >= 0.6 is 11.6 Å². The summed E-state index contributed by atoms with van der Waals surface area (Å²) < 4.78 is 0. The zero-order valence-electron chi connectivity index (χ0n) is 9.09. The third-order valence-corrected chi connectivity index (χ3v) is 2.57. The summed E-state index contributed by atoms with van der Waals surface area (Å²) in [6.45, 7) is 3.93. The maximum atomic E-state index is 11.4. The summed E-state index contributed by atoms with van der Waals surface area (Å²) in [5, 5.41) is 3.61. The molecule has 1 N–H and O–H groups in total. The van der Waals surface area contributed by atoms with Crippen LogP contribution in [0.4, 0.5) is 0 Å². The van der Waals surface area contributed by atoms with Crippen molar-refractivity contribution in [2.45, 2.75) is 32.7 Å². The van der Waals surface area contributed by atoms with E-state index in [2.05, 4.69) is 5.32 Å². The van der Waals surface area contributed by atoms with Gasteiger partial charge in [0.2, 0.25) is 5.91 Å². The van der Waals surface area contributed by atoms with Crippen LogP contribution in [-0.2, 0) is 4.79 Å². The minimum atomic E-state index is -0.0299. The first-order valence-corrected chi connectivity index (χ1v) is 5.56. The molecule has 1 amide bonds. The number of rotatable bonds is 4. The second kappa shape index (κ2) is 5.76. The molecule has 1 unspecified atom stereocenters. The minimum absolute atomic E-state index is 0.0299. The van der Waals surface area contributed by atoms with Gasteiger partial charge in [0, 0.05) is 11.4 Å². The molecule has 3 heteroatoms. The van der Waals surface area contributed by atoms with E-state index >= 15 is 0 Å². The van der Waals surface area contributed by atoms with Gasteiger partial charge < -0.3 is 5.32 Å². The van der Waals surface area contributed by atoms with Crippen LogP contribution in [0.1, 0.15) is 38.3 Å². The lowest BCUT2D eigenvalue weighted by molar-refractivity contribution is -0.121. The van der Waals surface area contributed by atoms with Crippen molar-refractivity contribution in [1.29, 1.82) is 0 Å². The Labute approximate surface area is 95.6 Å². The molecule has 2 nitrogen and oxygen atoms in total. The molecule has 0 aliphatic heterocycles. The molecule has 1 rings (SSSR count). The normalized spacial score (nSPS) is 12.2. The van der Waals surface area contributed by atoms with Crippen LogP contribution in [0.2, 0.25) is 5.02 Å². The maximum Gasteiger partial charge on any atom is 0.220 e. The van der Waals surface area contributed by atoms with E-state index < -0.39 is 0 Å². The highest BCUT2D eigenvalue weighted by Crippen LogP contribution is 2.22. The zero-order chi connectivity index (χ0) is 11.3. The van der Waals surface area contributed by atoms with Gasteiger partial charge in [-0.05, 0) is 25.0 Å². The van der Waals surface area contributed by atoms with Crippen molar-refractivity contribution in [1.82, 2.24) is 5.32 Å². The van der Waals surface area contributed by atoms with E-state index in [9.17, 15) is 4.79 Å². The van der Waals surface area contributed by atoms with Crippen molar-refractivity contribution in [2.24, 2.45) is 0 Å². The molecule has 0 radical (unpaired) electrons. The first-order chi connectivity index (χ1) is 7.15. The molecule has 0 aliphatic carbocycles. The summed E-state index contributed by atoms with van der Waals surface area (Å²) in [6, 6.07) is 7.53. The van der Waals surface area contributed by atoms with Gasteiger partial charge in [0.05, 0.1) is 6.04 Å². The molecule has 0 spiro atoms. The SMILES string of the molecule is CCCC(=O)NC(C)c1ccccc1Cl. The number of carbonyl (C=O) groups is 1. The molecule has 0 aliphatic rings. The number of hydrogen-bond acceptors (Lipinski definition) is 1. The lowest BCUT2D eigenvalue weighted by atomic mass is 10.1. The van der Waals surface area contributed by atoms with Gasteiger partial charge >= 0.3 is 0 Å². The van der Waals surface area contributed by atoms with Crippen LogP contribution in [-0.4, -0.2) is 5.91 Å². The van der Waals surface area contributed by atoms with Gasteiger partial charge in [0.15, 0.2) is 0 Å². The average molecular weight is 226 g/mol. The molecule has 0 heterocycles. The highest BCUT2D eigenvalue weighted by Gasteiger charge is 2.10. The Hall–Kier alpha value is -1.02. The van der Waals surface area contributed by atoms with Gasteiger partial charge in [-0.2, -0.15) is 0 Å². The minimum Gasteiger partial charge on any atom is -0.350 e. The van der Waals surface area contributed by atoms with Crippen molar-refractivity contribution in [3.8, 4) is 0 Å². The lowest BCUT2D eigenvalue weighted by Gasteiger charge is -2.15. The third-order valence-electron chi connectivity index (χ3n) is 2.23. The number of halogens is 1. The Morgan fingerprint density at radius 3 is 2.73 bits per heavy atom. The fourth-order valence-electron chi connectivity index (χ4n) is 1.44. The first-order valence-electron chi connectivity index (χ1n) is 5.19. The van der Waals surface area contributed by atoms with Crippen LogP contribution in [0.5, 0.6) is 0 Å². The fourth-order valence-corrected chi connectivity index (χ4v) is 1.74. The topological polar surface area (TPSA) is 29.1 Å². The van der Waals surface area contributed by atoms with Gasteiger partial charge in [0.25, 0.3) is 0 Å².